The van der Waals surface area contributed by atoms with Gasteiger partial charge < -0.3 is 33.8 Å². The van der Waals surface area contributed by atoms with Crippen LogP contribution in [0.1, 0.15) is 369 Å². The number of esters is 4. The van der Waals surface area contributed by atoms with Crippen LogP contribution >= 0.6 is 15.6 Å². The fourth-order valence-corrected chi connectivity index (χ4v) is 12.4. The van der Waals surface area contributed by atoms with Crippen molar-refractivity contribution in [3.05, 3.63) is 0 Å². The summed E-state index contributed by atoms with van der Waals surface area (Å²) in [5.74, 6) is -1.38. The van der Waals surface area contributed by atoms with Gasteiger partial charge in [-0.1, -0.05) is 317 Å². The molecular weight excluding hydrogens is 1190 g/mol. The van der Waals surface area contributed by atoms with Gasteiger partial charge >= 0.3 is 39.5 Å². The number of aliphatic hydroxyl groups excluding tert-OH is 1. The largest absolute Gasteiger partial charge is 0.472 e. The van der Waals surface area contributed by atoms with Crippen LogP contribution in [0.15, 0.2) is 0 Å². The topological polar surface area (TPSA) is 237 Å². The van der Waals surface area contributed by atoms with Crippen molar-refractivity contribution >= 4 is 39.5 Å². The second-order valence-electron chi connectivity index (χ2n) is 26.1. The molecule has 0 bridgehead atoms. The predicted molar refractivity (Wildman–Crippen MR) is 363 cm³/mol. The number of carbonyl (C=O) groups excluding carboxylic acids is 4. The van der Waals surface area contributed by atoms with Gasteiger partial charge in [0, 0.05) is 25.7 Å². The van der Waals surface area contributed by atoms with Crippen molar-refractivity contribution in [3.63, 3.8) is 0 Å². The minimum atomic E-state index is -4.95. The summed E-state index contributed by atoms with van der Waals surface area (Å²) >= 11 is 0. The second kappa shape index (κ2) is 64.4. The number of phosphoric ester groups is 2. The number of unbranched alkanes of at least 4 members (excludes halogenated alkanes) is 43. The fraction of sp³-hybridized carbons (Fsp3) is 0.944. The fourth-order valence-electron chi connectivity index (χ4n) is 10.8. The van der Waals surface area contributed by atoms with Crippen molar-refractivity contribution in [2.24, 2.45) is 5.92 Å². The molecule has 0 aromatic carbocycles. The number of carbonyl (C=O) groups is 4. The quantitative estimate of drug-likeness (QED) is 0.0222. The van der Waals surface area contributed by atoms with Crippen LogP contribution in [-0.4, -0.2) is 96.7 Å². The molecule has 19 heteroatoms. The van der Waals surface area contributed by atoms with Gasteiger partial charge in [0.05, 0.1) is 26.4 Å². The van der Waals surface area contributed by atoms with Gasteiger partial charge in [0.1, 0.15) is 19.3 Å². The standard InChI is InChI=1S/C71H138O17P2/c1-6-9-12-15-18-21-23-24-25-26-27-28-29-30-31-32-36-42-47-52-57-71(76)88-67(61-82-69(74)55-50-45-40-37-33-34-38-43-48-53-64(4)5)63-86-90(79,80)84-59-65(72)58-83-89(77,78)85-62-66(60-81-68(73)54-49-44-39-20-17-14-11-8-3)87-70(75)56-51-46-41-35-22-19-16-13-10-7-2/h64-67,72H,6-63H2,1-5H3,(H,77,78)(H,79,80)/t65-,66+,67+/m0/s1. The Morgan fingerprint density at radius 3 is 0.756 bits per heavy atom. The summed E-state index contributed by atoms with van der Waals surface area (Å²) in [4.78, 5) is 72.4. The monoisotopic (exact) mass is 1320 g/mol. The lowest BCUT2D eigenvalue weighted by molar-refractivity contribution is -0.161. The summed E-state index contributed by atoms with van der Waals surface area (Å²) in [6.45, 7) is 7.20. The molecule has 0 radical (unpaired) electrons. The minimum Gasteiger partial charge on any atom is -0.462 e. The highest BCUT2D eigenvalue weighted by Gasteiger charge is 2.30. The highest BCUT2D eigenvalue weighted by Crippen LogP contribution is 2.45. The molecule has 534 valence electrons. The normalized spacial score (nSPS) is 14.1. The van der Waals surface area contributed by atoms with Gasteiger partial charge in [0.25, 0.3) is 0 Å². The third-order valence-electron chi connectivity index (χ3n) is 16.5. The number of hydrogen-bond acceptors (Lipinski definition) is 15. The number of ether oxygens (including phenoxy) is 4. The Morgan fingerprint density at radius 2 is 0.511 bits per heavy atom. The highest BCUT2D eigenvalue weighted by molar-refractivity contribution is 7.47. The van der Waals surface area contributed by atoms with Crippen molar-refractivity contribution < 1.29 is 80.2 Å². The van der Waals surface area contributed by atoms with Crippen LogP contribution in [0.5, 0.6) is 0 Å². The lowest BCUT2D eigenvalue weighted by Crippen LogP contribution is -2.30. The van der Waals surface area contributed by atoms with Crippen LogP contribution in [0.4, 0.5) is 0 Å². The average Bonchev–Trinajstić information content (AvgIpc) is 3.59. The summed E-state index contributed by atoms with van der Waals surface area (Å²) in [6, 6.07) is 0. The third kappa shape index (κ3) is 64.8. The Labute approximate surface area is 549 Å². The maximum atomic E-state index is 13.0. The molecule has 3 N–H and O–H groups in total. The van der Waals surface area contributed by atoms with E-state index >= 15 is 0 Å². The zero-order valence-electron chi connectivity index (χ0n) is 58.3. The summed E-state index contributed by atoms with van der Waals surface area (Å²) < 4.78 is 68.2. The summed E-state index contributed by atoms with van der Waals surface area (Å²) in [5.41, 5.74) is 0. The summed E-state index contributed by atoms with van der Waals surface area (Å²) in [5, 5.41) is 10.6. The van der Waals surface area contributed by atoms with Gasteiger partial charge in [0.2, 0.25) is 0 Å². The summed E-state index contributed by atoms with van der Waals surface area (Å²) in [7, 11) is -9.89. The molecule has 0 fully saturated rings. The molecule has 0 aliphatic heterocycles. The first kappa shape index (κ1) is 88.1. The van der Waals surface area contributed by atoms with Gasteiger partial charge in [-0.2, -0.15) is 0 Å². The van der Waals surface area contributed by atoms with E-state index in [1.165, 1.54) is 186 Å². The van der Waals surface area contributed by atoms with E-state index in [1.807, 2.05) is 0 Å². The van der Waals surface area contributed by atoms with Crippen molar-refractivity contribution in [2.45, 2.75) is 387 Å². The van der Waals surface area contributed by atoms with E-state index in [0.717, 1.165) is 102 Å². The second-order valence-corrected chi connectivity index (χ2v) is 29.0. The molecular formula is C71H138O17P2. The Hall–Kier alpha value is -1.94. The van der Waals surface area contributed by atoms with E-state index in [0.29, 0.717) is 25.7 Å². The molecule has 90 heavy (non-hydrogen) atoms. The number of aliphatic hydroxyl groups is 1. The van der Waals surface area contributed by atoms with E-state index < -0.39 is 97.5 Å². The molecule has 0 rings (SSSR count). The Morgan fingerprint density at radius 1 is 0.300 bits per heavy atom. The van der Waals surface area contributed by atoms with E-state index in [1.54, 1.807) is 0 Å². The Kier molecular flexibility index (Phi) is 63.0. The zero-order chi connectivity index (χ0) is 66.3. The zero-order valence-corrected chi connectivity index (χ0v) is 60.1. The number of phosphoric acid groups is 2. The summed E-state index contributed by atoms with van der Waals surface area (Å²) in [6.07, 6.45) is 51.5. The molecule has 0 saturated carbocycles. The SMILES string of the molecule is CCCCCCCCCCCCCCCCCCCCCCC(=O)O[C@H](COC(=O)CCCCCCCCCCCC(C)C)COP(=O)(O)OC[C@@H](O)COP(=O)(O)OC[C@@H](COC(=O)CCCCCCCCCC)OC(=O)CCCCCCCCCCCC. The first-order valence-electron chi connectivity index (χ1n) is 37.1. The Balaban J connectivity index is 5.16. The van der Waals surface area contributed by atoms with Gasteiger partial charge in [-0.3, -0.25) is 37.3 Å². The third-order valence-corrected chi connectivity index (χ3v) is 18.4. The van der Waals surface area contributed by atoms with E-state index in [-0.39, 0.29) is 25.7 Å². The molecule has 0 heterocycles. The van der Waals surface area contributed by atoms with Crippen molar-refractivity contribution in [2.75, 3.05) is 39.6 Å². The van der Waals surface area contributed by atoms with Crippen LogP contribution in [0.25, 0.3) is 0 Å². The Bertz CT molecular complexity index is 1740. The molecule has 0 aliphatic rings. The van der Waals surface area contributed by atoms with Gasteiger partial charge in [0.15, 0.2) is 12.2 Å². The highest BCUT2D eigenvalue weighted by atomic mass is 31.2. The molecule has 0 amide bonds. The molecule has 0 aromatic heterocycles. The van der Waals surface area contributed by atoms with E-state index in [9.17, 15) is 43.2 Å². The first-order chi connectivity index (χ1) is 43.5. The molecule has 0 spiro atoms. The average molecular weight is 1330 g/mol. The smallest absolute Gasteiger partial charge is 0.462 e. The predicted octanol–water partition coefficient (Wildman–Crippen LogP) is 20.5. The van der Waals surface area contributed by atoms with Crippen molar-refractivity contribution in [1.29, 1.82) is 0 Å². The molecule has 0 aliphatic carbocycles. The first-order valence-corrected chi connectivity index (χ1v) is 40.1. The van der Waals surface area contributed by atoms with E-state index in [4.69, 9.17) is 37.0 Å². The maximum Gasteiger partial charge on any atom is 0.472 e. The molecule has 2 unspecified atom stereocenters. The van der Waals surface area contributed by atoms with Crippen molar-refractivity contribution in [3.8, 4) is 0 Å². The number of rotatable bonds is 71. The molecule has 0 saturated heterocycles. The van der Waals surface area contributed by atoms with Crippen LogP contribution < -0.4 is 0 Å². The molecule has 5 atom stereocenters. The van der Waals surface area contributed by atoms with Crippen molar-refractivity contribution in [1.82, 2.24) is 0 Å². The van der Waals surface area contributed by atoms with E-state index in [2.05, 4.69) is 34.6 Å². The van der Waals surface area contributed by atoms with Crippen LogP contribution in [0, 0.1) is 5.92 Å². The van der Waals surface area contributed by atoms with Crippen LogP contribution in [0.3, 0.4) is 0 Å². The molecule has 0 aromatic rings. The van der Waals surface area contributed by atoms with Crippen LogP contribution in [-0.2, 0) is 65.4 Å². The van der Waals surface area contributed by atoms with Gasteiger partial charge in [-0.25, -0.2) is 9.13 Å². The lowest BCUT2D eigenvalue weighted by atomic mass is 10.0. The maximum absolute atomic E-state index is 13.0. The van der Waals surface area contributed by atoms with Crippen LogP contribution in [0.2, 0.25) is 0 Å². The lowest BCUT2D eigenvalue weighted by Gasteiger charge is -2.21. The minimum absolute atomic E-state index is 0.106. The number of hydrogen-bond donors (Lipinski definition) is 3. The van der Waals surface area contributed by atoms with Gasteiger partial charge in [-0.15, -0.1) is 0 Å². The molecule has 17 nitrogen and oxygen atoms in total. The van der Waals surface area contributed by atoms with Gasteiger partial charge in [-0.05, 0) is 31.6 Å².